The van der Waals surface area contributed by atoms with Crippen molar-refractivity contribution in [1.29, 1.82) is 0 Å². The monoisotopic (exact) mass is 628 g/mol. The molecule has 0 fully saturated rings. The second-order valence-corrected chi connectivity index (χ2v) is 13.0. The summed E-state index contributed by atoms with van der Waals surface area (Å²) >= 11 is 0. The van der Waals surface area contributed by atoms with Crippen molar-refractivity contribution in [3.8, 4) is 22.6 Å². The van der Waals surface area contributed by atoms with E-state index in [1.54, 1.807) is 0 Å². The van der Waals surface area contributed by atoms with Gasteiger partial charge < -0.3 is 14.5 Å². The zero-order valence-electron chi connectivity index (χ0n) is 26.4. The number of nitrogens with one attached hydrogen (secondary N) is 1. The number of rotatable bonds is 2. The SMILES string of the molecule is c1ccc2c(c1)Oc1ccccc1C21c2ccccc2-c2c(C3=c4ccccc4=NC(c4cccc5oc6ccccc6c45)N3)cccc21. The Morgan fingerprint density at radius 1 is 0.531 bits per heavy atom. The van der Waals surface area contributed by atoms with E-state index in [1.165, 1.54) is 22.3 Å². The summed E-state index contributed by atoms with van der Waals surface area (Å²) in [7, 11) is 0. The molecule has 3 heterocycles. The summed E-state index contributed by atoms with van der Waals surface area (Å²) in [5, 5.41) is 8.20. The molecule has 2 aliphatic heterocycles. The second kappa shape index (κ2) is 9.82. The molecular formula is C45H28N2O2. The number of hydrogen-bond donors (Lipinski definition) is 1. The molecule has 1 spiro atoms. The Morgan fingerprint density at radius 3 is 2.02 bits per heavy atom. The van der Waals surface area contributed by atoms with E-state index in [0.717, 1.165) is 72.0 Å². The number of nitrogens with zero attached hydrogens (tertiary/aromatic N) is 1. The predicted molar refractivity (Wildman–Crippen MR) is 193 cm³/mol. The van der Waals surface area contributed by atoms with Crippen LogP contribution in [0.5, 0.6) is 11.5 Å². The lowest BCUT2D eigenvalue weighted by atomic mass is 9.66. The van der Waals surface area contributed by atoms with E-state index < -0.39 is 5.41 Å². The van der Waals surface area contributed by atoms with Crippen LogP contribution in [0.15, 0.2) is 167 Å². The maximum absolute atomic E-state index is 6.57. The summed E-state index contributed by atoms with van der Waals surface area (Å²) < 4.78 is 12.9. The van der Waals surface area contributed by atoms with Gasteiger partial charge in [-0.25, -0.2) is 0 Å². The lowest BCUT2D eigenvalue weighted by Gasteiger charge is -2.39. The van der Waals surface area contributed by atoms with Crippen molar-refractivity contribution >= 4 is 27.6 Å². The van der Waals surface area contributed by atoms with Crippen LogP contribution in [0.25, 0.3) is 38.8 Å². The molecule has 7 aromatic carbocycles. The van der Waals surface area contributed by atoms with Gasteiger partial charge in [-0.2, -0.15) is 0 Å². The molecule has 4 nitrogen and oxygen atoms in total. The number of hydrogen-bond acceptors (Lipinski definition) is 4. The molecule has 0 radical (unpaired) electrons. The lowest BCUT2D eigenvalue weighted by molar-refractivity contribution is 0.436. The first-order valence-electron chi connectivity index (χ1n) is 16.8. The molecule has 0 bridgehead atoms. The molecule has 1 unspecified atom stereocenters. The van der Waals surface area contributed by atoms with Gasteiger partial charge in [0.05, 0.1) is 16.5 Å². The van der Waals surface area contributed by atoms with Gasteiger partial charge in [-0.1, -0.05) is 127 Å². The molecule has 0 amide bonds. The fourth-order valence-corrected chi connectivity index (χ4v) is 8.69. The molecule has 1 atom stereocenters. The van der Waals surface area contributed by atoms with E-state index in [4.69, 9.17) is 14.1 Å². The Bertz CT molecular complexity index is 2770. The molecule has 11 rings (SSSR count). The summed E-state index contributed by atoms with van der Waals surface area (Å²) in [6, 6.07) is 55.7. The minimum absolute atomic E-state index is 0.319. The van der Waals surface area contributed by atoms with Gasteiger partial charge >= 0.3 is 0 Å². The minimum atomic E-state index is -0.535. The van der Waals surface area contributed by atoms with Crippen LogP contribution >= 0.6 is 0 Å². The smallest absolute Gasteiger partial charge is 0.146 e. The van der Waals surface area contributed by atoms with Gasteiger partial charge in [0.15, 0.2) is 0 Å². The summed E-state index contributed by atoms with van der Waals surface area (Å²) in [6.07, 6.45) is -0.319. The fraction of sp³-hybridized carbons (Fsp3) is 0.0444. The molecule has 4 heteroatoms. The summed E-state index contributed by atoms with van der Waals surface area (Å²) in [5.41, 5.74) is 11.8. The van der Waals surface area contributed by atoms with Crippen LogP contribution in [-0.4, -0.2) is 0 Å². The van der Waals surface area contributed by atoms with E-state index in [1.807, 2.05) is 18.2 Å². The zero-order valence-corrected chi connectivity index (χ0v) is 26.4. The second-order valence-electron chi connectivity index (χ2n) is 13.0. The highest BCUT2D eigenvalue weighted by Crippen LogP contribution is 2.62. The Labute approximate surface area is 282 Å². The summed E-state index contributed by atoms with van der Waals surface area (Å²) in [4.78, 5) is 5.32. The van der Waals surface area contributed by atoms with E-state index in [9.17, 15) is 0 Å². The highest BCUT2D eigenvalue weighted by Gasteiger charge is 2.51. The van der Waals surface area contributed by atoms with Gasteiger partial charge in [0.1, 0.15) is 28.8 Å². The first kappa shape index (κ1) is 26.7. The van der Waals surface area contributed by atoms with Crippen LogP contribution in [0.4, 0.5) is 0 Å². The van der Waals surface area contributed by atoms with Crippen molar-refractivity contribution in [3.63, 3.8) is 0 Å². The topological polar surface area (TPSA) is 46.8 Å². The average Bonchev–Trinajstić information content (AvgIpc) is 3.69. The van der Waals surface area contributed by atoms with Crippen LogP contribution in [-0.2, 0) is 5.41 Å². The molecule has 1 aliphatic carbocycles. The Kier molecular flexibility index (Phi) is 5.34. The van der Waals surface area contributed by atoms with Crippen LogP contribution in [0.1, 0.15) is 39.5 Å². The Balaban J connectivity index is 1.20. The number of furan rings is 1. The molecule has 0 saturated carbocycles. The van der Waals surface area contributed by atoms with Crippen molar-refractivity contribution in [2.75, 3.05) is 0 Å². The Morgan fingerprint density at radius 2 is 1.16 bits per heavy atom. The van der Waals surface area contributed by atoms with Gasteiger partial charge in [0.25, 0.3) is 0 Å². The van der Waals surface area contributed by atoms with Gasteiger partial charge in [-0.15, -0.1) is 0 Å². The normalized spacial score (nSPS) is 16.2. The highest BCUT2D eigenvalue weighted by molar-refractivity contribution is 6.07. The third-order valence-electron chi connectivity index (χ3n) is 10.6. The van der Waals surface area contributed by atoms with E-state index in [-0.39, 0.29) is 6.17 Å². The molecule has 49 heavy (non-hydrogen) atoms. The van der Waals surface area contributed by atoms with Gasteiger partial charge in [-0.3, -0.25) is 4.99 Å². The van der Waals surface area contributed by atoms with Crippen molar-refractivity contribution in [2.45, 2.75) is 11.6 Å². The van der Waals surface area contributed by atoms with E-state index in [2.05, 4.69) is 145 Å². The number of fused-ring (bicyclic) bond motifs is 13. The largest absolute Gasteiger partial charge is 0.457 e. The summed E-state index contributed by atoms with van der Waals surface area (Å²) in [5.74, 6) is 1.78. The fourth-order valence-electron chi connectivity index (χ4n) is 8.69. The lowest BCUT2D eigenvalue weighted by Crippen LogP contribution is -2.40. The first-order chi connectivity index (χ1) is 24.3. The van der Waals surface area contributed by atoms with Gasteiger partial charge in [-0.05, 0) is 52.6 Å². The number of para-hydroxylation sites is 4. The minimum Gasteiger partial charge on any atom is -0.457 e. The first-order valence-corrected chi connectivity index (χ1v) is 16.8. The summed E-state index contributed by atoms with van der Waals surface area (Å²) in [6.45, 7) is 0. The third kappa shape index (κ3) is 3.50. The number of ether oxygens (including phenoxy) is 1. The molecular weight excluding hydrogens is 601 g/mol. The van der Waals surface area contributed by atoms with Crippen molar-refractivity contribution in [1.82, 2.24) is 5.32 Å². The predicted octanol–water partition coefficient (Wildman–Crippen LogP) is 9.13. The molecule has 3 aliphatic rings. The molecule has 0 saturated heterocycles. The highest BCUT2D eigenvalue weighted by atomic mass is 16.5. The van der Waals surface area contributed by atoms with Crippen LogP contribution in [0.3, 0.4) is 0 Å². The number of benzene rings is 7. The standard InChI is InChI=1S/C45H28N2O2/c1-4-18-32-27(13-1)41-30(16-11-21-35(41)45(32)33-19-5-9-24-38(33)49-39-25-10-6-20-34(39)45)43-28-14-2-7-22-36(28)46-44(47-43)31-17-12-26-40-42(31)29-15-3-8-23-37(29)48-40/h1-26,44,47H. The quantitative estimate of drug-likeness (QED) is 0.208. The van der Waals surface area contributed by atoms with Crippen LogP contribution in [0, 0.1) is 0 Å². The maximum atomic E-state index is 6.57. The molecule has 1 aromatic heterocycles. The van der Waals surface area contributed by atoms with Crippen molar-refractivity contribution in [3.05, 3.63) is 202 Å². The zero-order chi connectivity index (χ0) is 32.1. The maximum Gasteiger partial charge on any atom is 0.146 e. The average molecular weight is 629 g/mol. The molecule has 8 aromatic rings. The van der Waals surface area contributed by atoms with Gasteiger partial charge in [0, 0.05) is 38.2 Å². The third-order valence-corrected chi connectivity index (χ3v) is 10.6. The van der Waals surface area contributed by atoms with Crippen molar-refractivity contribution < 1.29 is 9.15 Å². The Hall–Kier alpha value is -6.39. The van der Waals surface area contributed by atoms with E-state index in [0.29, 0.717) is 0 Å². The van der Waals surface area contributed by atoms with Crippen molar-refractivity contribution in [2.24, 2.45) is 4.99 Å². The molecule has 230 valence electrons. The van der Waals surface area contributed by atoms with E-state index >= 15 is 0 Å². The van der Waals surface area contributed by atoms with Crippen LogP contribution in [0.2, 0.25) is 0 Å². The van der Waals surface area contributed by atoms with Gasteiger partial charge in [0.2, 0.25) is 0 Å². The molecule has 1 N–H and O–H groups in total. The van der Waals surface area contributed by atoms with Crippen LogP contribution < -0.4 is 20.6 Å².